The molecule has 4 rings (SSSR count). The number of fused-ring (bicyclic) bond motifs is 1. The number of nitrogens with one attached hydrogen (secondary N) is 2. The van der Waals surface area contributed by atoms with Crippen LogP contribution in [0.2, 0.25) is 0 Å². The second-order valence-electron chi connectivity index (χ2n) is 8.44. The average molecular weight is 477 g/mol. The molecule has 3 aromatic heterocycles. The molecular formula is C26H26F2N6O. The van der Waals surface area contributed by atoms with Gasteiger partial charge in [0.25, 0.3) is 5.91 Å². The van der Waals surface area contributed by atoms with Crippen LogP contribution in [-0.2, 0) is 0 Å². The number of piperidine rings is 1. The fourth-order valence-electron chi connectivity index (χ4n) is 3.99. The van der Waals surface area contributed by atoms with Crippen LogP contribution < -0.4 is 10.6 Å². The molecular weight excluding hydrogens is 450 g/mol. The molecule has 1 fully saturated rings. The van der Waals surface area contributed by atoms with Gasteiger partial charge in [0.2, 0.25) is 0 Å². The Bertz CT molecular complexity index is 1310. The van der Waals surface area contributed by atoms with E-state index in [0.29, 0.717) is 28.0 Å². The van der Waals surface area contributed by atoms with Crippen LogP contribution in [0.15, 0.2) is 73.7 Å². The van der Waals surface area contributed by atoms with Gasteiger partial charge in [-0.05, 0) is 63.3 Å². The normalized spacial score (nSPS) is 15.1. The summed E-state index contributed by atoms with van der Waals surface area (Å²) in [5, 5.41) is 6.97. The van der Waals surface area contributed by atoms with E-state index in [4.69, 9.17) is 0 Å². The van der Waals surface area contributed by atoms with Crippen molar-refractivity contribution in [3.8, 4) is 0 Å². The van der Waals surface area contributed by atoms with Crippen molar-refractivity contribution in [2.45, 2.75) is 18.9 Å². The number of hydrogen-bond acceptors (Lipinski definition) is 6. The minimum Gasteiger partial charge on any atom is -0.354 e. The van der Waals surface area contributed by atoms with Crippen molar-refractivity contribution in [3.05, 3.63) is 85.0 Å². The van der Waals surface area contributed by atoms with Crippen molar-refractivity contribution >= 4 is 33.9 Å². The van der Waals surface area contributed by atoms with Crippen LogP contribution in [-0.4, -0.2) is 51.9 Å². The zero-order valence-corrected chi connectivity index (χ0v) is 19.4. The minimum absolute atomic E-state index is 0.0846. The lowest BCUT2D eigenvalue weighted by Gasteiger charge is -2.29. The molecule has 0 bridgehead atoms. The molecule has 1 aliphatic heterocycles. The lowest BCUT2D eigenvalue weighted by atomic mass is 10.0. The van der Waals surface area contributed by atoms with E-state index in [1.165, 1.54) is 6.20 Å². The van der Waals surface area contributed by atoms with Crippen molar-refractivity contribution in [1.29, 1.82) is 0 Å². The molecule has 3 aromatic rings. The van der Waals surface area contributed by atoms with Crippen LogP contribution in [0.5, 0.6) is 0 Å². The van der Waals surface area contributed by atoms with E-state index in [1.807, 2.05) is 0 Å². The summed E-state index contributed by atoms with van der Waals surface area (Å²) in [7, 11) is 2.06. The number of anilines is 2. The monoisotopic (exact) mass is 476 g/mol. The van der Waals surface area contributed by atoms with Crippen molar-refractivity contribution < 1.29 is 13.6 Å². The van der Waals surface area contributed by atoms with Crippen LogP contribution in [0.25, 0.3) is 16.6 Å². The fourth-order valence-corrected chi connectivity index (χ4v) is 3.99. The average Bonchev–Trinajstić information content (AvgIpc) is 2.84. The first-order valence-corrected chi connectivity index (χ1v) is 11.2. The number of aromatic nitrogens is 3. The Labute approximate surface area is 202 Å². The molecule has 0 aliphatic carbocycles. The van der Waals surface area contributed by atoms with E-state index in [1.54, 1.807) is 36.7 Å². The highest BCUT2D eigenvalue weighted by Gasteiger charge is 2.21. The summed E-state index contributed by atoms with van der Waals surface area (Å²) in [4.78, 5) is 28.1. The first-order chi connectivity index (χ1) is 16.8. The molecule has 4 heterocycles. The van der Waals surface area contributed by atoms with Gasteiger partial charge in [-0.15, -0.1) is 0 Å². The molecule has 0 unspecified atom stereocenters. The van der Waals surface area contributed by atoms with Crippen molar-refractivity contribution in [1.82, 2.24) is 25.2 Å². The number of allylic oxidation sites excluding steroid dienone is 4. The number of rotatable bonds is 7. The van der Waals surface area contributed by atoms with Gasteiger partial charge in [0.1, 0.15) is 11.7 Å². The molecule has 0 atom stereocenters. The van der Waals surface area contributed by atoms with Gasteiger partial charge in [-0.2, -0.15) is 0 Å². The number of carbonyl (C=O) groups excluding carboxylic acids is 1. The molecule has 35 heavy (non-hydrogen) atoms. The van der Waals surface area contributed by atoms with Gasteiger partial charge in [-0.3, -0.25) is 9.78 Å². The largest absolute Gasteiger partial charge is 0.354 e. The standard InChI is InChI=1S/C26H26F2N6O/c1-16(27)13-20(17(2)28)24-14-23(19-5-4-9-30-25(19)33-24)32-22-6-10-29-15-21(22)26(35)31-18-7-11-34(3)12-8-18/h4-6,9-10,13-15,18H,1-2,7-8,11-12H2,3H3,(H,31,35)(H,29,30,32,33)/b20-13+. The van der Waals surface area contributed by atoms with Gasteiger partial charge in [0.15, 0.2) is 5.65 Å². The summed E-state index contributed by atoms with van der Waals surface area (Å²) >= 11 is 0. The van der Waals surface area contributed by atoms with Gasteiger partial charge in [-0.25, -0.2) is 18.7 Å². The highest BCUT2D eigenvalue weighted by atomic mass is 19.1. The van der Waals surface area contributed by atoms with Gasteiger partial charge in [0, 0.05) is 35.6 Å². The second kappa shape index (κ2) is 10.5. The molecule has 0 saturated carbocycles. The summed E-state index contributed by atoms with van der Waals surface area (Å²) in [5.41, 5.74) is 1.67. The van der Waals surface area contributed by atoms with E-state index in [2.05, 4.69) is 50.7 Å². The van der Waals surface area contributed by atoms with Crippen LogP contribution in [0.1, 0.15) is 28.9 Å². The van der Waals surface area contributed by atoms with Crippen molar-refractivity contribution in [2.75, 3.05) is 25.5 Å². The lowest BCUT2D eigenvalue weighted by molar-refractivity contribution is 0.0917. The molecule has 0 spiro atoms. The first kappa shape index (κ1) is 24.2. The molecule has 0 aromatic carbocycles. The Hall–Kier alpha value is -3.98. The van der Waals surface area contributed by atoms with Gasteiger partial charge >= 0.3 is 0 Å². The highest BCUT2D eigenvalue weighted by molar-refractivity contribution is 6.02. The number of pyridine rings is 3. The first-order valence-electron chi connectivity index (χ1n) is 11.2. The van der Waals surface area contributed by atoms with Crippen LogP contribution >= 0.6 is 0 Å². The third-order valence-electron chi connectivity index (χ3n) is 5.84. The smallest absolute Gasteiger partial charge is 0.255 e. The molecule has 7 nitrogen and oxygen atoms in total. The molecule has 9 heteroatoms. The Kier molecular flexibility index (Phi) is 7.26. The van der Waals surface area contributed by atoms with Gasteiger partial charge in [-0.1, -0.05) is 13.2 Å². The maximum Gasteiger partial charge on any atom is 0.255 e. The Morgan fingerprint density at radius 1 is 1.17 bits per heavy atom. The zero-order chi connectivity index (χ0) is 24.9. The maximum absolute atomic E-state index is 14.2. The van der Waals surface area contributed by atoms with Crippen molar-refractivity contribution in [2.24, 2.45) is 0 Å². The Morgan fingerprint density at radius 3 is 2.66 bits per heavy atom. The Balaban J connectivity index is 1.70. The molecule has 1 aliphatic rings. The molecule has 2 N–H and O–H groups in total. The fraction of sp³-hybridized carbons (Fsp3) is 0.231. The Morgan fingerprint density at radius 2 is 1.94 bits per heavy atom. The van der Waals surface area contributed by atoms with E-state index in [-0.39, 0.29) is 23.2 Å². The number of likely N-dealkylation sites (tertiary alicyclic amines) is 1. The third-order valence-corrected chi connectivity index (χ3v) is 5.84. The molecule has 1 saturated heterocycles. The summed E-state index contributed by atoms with van der Waals surface area (Å²) < 4.78 is 27.7. The number of carbonyl (C=O) groups is 1. The van der Waals surface area contributed by atoms with Crippen LogP contribution in [0, 0.1) is 0 Å². The number of halogens is 2. The van der Waals surface area contributed by atoms with Crippen LogP contribution in [0.3, 0.4) is 0 Å². The maximum atomic E-state index is 14.2. The van der Waals surface area contributed by atoms with Gasteiger partial charge < -0.3 is 15.5 Å². The van der Waals surface area contributed by atoms with E-state index < -0.39 is 11.7 Å². The van der Waals surface area contributed by atoms with E-state index >= 15 is 0 Å². The summed E-state index contributed by atoms with van der Waals surface area (Å²) in [6.45, 7) is 8.30. The topological polar surface area (TPSA) is 83.0 Å². The SMILES string of the molecule is C=C(F)/C=C(\C(=C)F)c1cc(Nc2ccncc2C(=O)NC2CCN(C)CC2)c2cccnc2n1. The predicted molar refractivity (Wildman–Crippen MR) is 134 cm³/mol. The summed E-state index contributed by atoms with van der Waals surface area (Å²) in [5.74, 6) is -1.93. The lowest BCUT2D eigenvalue weighted by Crippen LogP contribution is -2.43. The van der Waals surface area contributed by atoms with E-state index in [9.17, 15) is 13.6 Å². The number of nitrogens with zero attached hydrogens (tertiary/aromatic N) is 4. The molecule has 180 valence electrons. The second-order valence-corrected chi connectivity index (χ2v) is 8.44. The molecule has 0 radical (unpaired) electrons. The van der Waals surface area contributed by atoms with Gasteiger partial charge in [0.05, 0.1) is 22.6 Å². The quantitative estimate of drug-likeness (QED) is 0.470. The predicted octanol–water partition coefficient (Wildman–Crippen LogP) is 4.94. The minimum atomic E-state index is -0.861. The highest BCUT2D eigenvalue weighted by Crippen LogP contribution is 2.32. The number of amides is 1. The van der Waals surface area contributed by atoms with E-state index in [0.717, 1.165) is 32.0 Å². The molecule has 1 amide bonds. The summed E-state index contributed by atoms with van der Waals surface area (Å²) in [6, 6.07) is 6.86. The van der Waals surface area contributed by atoms with Crippen LogP contribution in [0.4, 0.5) is 20.2 Å². The zero-order valence-electron chi connectivity index (χ0n) is 19.4. The number of hydrogen-bond donors (Lipinski definition) is 2. The summed E-state index contributed by atoms with van der Waals surface area (Å²) in [6.07, 6.45) is 7.29. The third kappa shape index (κ3) is 5.75. The van der Waals surface area contributed by atoms with Crippen molar-refractivity contribution in [3.63, 3.8) is 0 Å².